The second-order valence-electron chi connectivity index (χ2n) is 2.29. The van der Waals surface area contributed by atoms with Gasteiger partial charge in [0, 0.05) is 22.6 Å². The van der Waals surface area contributed by atoms with Crippen molar-refractivity contribution in [2.45, 2.75) is 21.8 Å². The normalized spacial score (nSPS) is 36.9. The summed E-state index contributed by atoms with van der Waals surface area (Å²) in [6.07, 6.45) is -5.18. The fourth-order valence-electron chi connectivity index (χ4n) is 0.682. The summed E-state index contributed by atoms with van der Waals surface area (Å²) in [4.78, 5) is 0. The highest BCUT2D eigenvalue weighted by Crippen LogP contribution is 2.64. The first-order valence-electron chi connectivity index (χ1n) is 2.67. The minimum Gasteiger partial charge on any atom is -0.266 e. The van der Waals surface area contributed by atoms with E-state index in [-0.39, 0.29) is 22.6 Å². The number of halogens is 8. The lowest BCUT2D eigenvalue weighted by molar-refractivity contribution is -0.567. The van der Waals surface area contributed by atoms with Crippen LogP contribution in [-0.4, -0.2) is 21.8 Å². The molecule has 0 aromatic heterocycles. The molecule has 0 saturated carbocycles. The molecule has 0 aromatic rings. The summed E-state index contributed by atoms with van der Waals surface area (Å²) in [6, 6.07) is 0. The van der Waals surface area contributed by atoms with Crippen LogP contribution >= 0.6 is 22.6 Å². The highest BCUT2D eigenvalue weighted by Gasteiger charge is 2.92. The van der Waals surface area contributed by atoms with Crippen molar-refractivity contribution >= 4 is 22.6 Å². The highest BCUT2D eigenvalue weighted by molar-refractivity contribution is 14.1. The van der Waals surface area contributed by atoms with Gasteiger partial charge in [-0.3, -0.25) is 4.74 Å². The van der Waals surface area contributed by atoms with Crippen LogP contribution in [0.1, 0.15) is 0 Å². The molecule has 0 aliphatic carbocycles. The van der Waals surface area contributed by atoms with Crippen molar-refractivity contribution in [3.63, 3.8) is 0 Å². The minimum atomic E-state index is -5.52. The van der Waals surface area contributed by atoms with Gasteiger partial charge in [-0.25, -0.2) is 0 Å². The molecule has 1 heterocycles. The van der Waals surface area contributed by atoms with E-state index in [1.165, 1.54) is 0 Å². The van der Waals surface area contributed by atoms with Crippen molar-refractivity contribution in [1.82, 2.24) is 0 Å². The van der Waals surface area contributed by atoms with Gasteiger partial charge < -0.3 is 0 Å². The molecule has 0 bridgehead atoms. The molecular weight excluding hydrogens is 324 g/mol. The fraction of sp³-hybridized carbons (Fsp3) is 1.00. The van der Waals surface area contributed by atoms with Crippen LogP contribution in [0.3, 0.4) is 0 Å². The monoisotopic (exact) mass is 324 g/mol. The number of hydrogen-bond donors (Lipinski definition) is 0. The van der Waals surface area contributed by atoms with Gasteiger partial charge in [0.15, 0.2) is 0 Å². The maximum Gasteiger partial charge on any atom is 0.428 e. The van der Waals surface area contributed by atoms with Gasteiger partial charge in [0.25, 0.3) is 0 Å². The Kier molecular flexibility index (Phi) is 2.09. The van der Waals surface area contributed by atoms with Gasteiger partial charge >= 0.3 is 21.8 Å². The number of rotatable bonds is 1. The molecule has 9 heteroatoms. The number of alkyl halides is 8. The van der Waals surface area contributed by atoms with Crippen molar-refractivity contribution in [3.05, 3.63) is 0 Å². The summed E-state index contributed by atoms with van der Waals surface area (Å²) in [6.45, 7) is 0. The van der Waals surface area contributed by atoms with E-state index in [9.17, 15) is 30.7 Å². The molecule has 1 aliphatic heterocycles. The maximum atomic E-state index is 12.5. The van der Waals surface area contributed by atoms with E-state index in [2.05, 4.69) is 4.74 Å². The lowest BCUT2D eigenvalue weighted by atomic mass is 10.0. The van der Waals surface area contributed by atoms with Gasteiger partial charge in [-0.2, -0.15) is 30.7 Å². The molecule has 1 saturated heterocycles. The first-order valence-corrected chi connectivity index (χ1v) is 3.75. The second kappa shape index (κ2) is 2.41. The zero-order valence-corrected chi connectivity index (χ0v) is 7.59. The summed E-state index contributed by atoms with van der Waals surface area (Å²) in [5, 5.41) is 0. The first kappa shape index (κ1) is 11.3. The average Bonchev–Trinajstić information content (AvgIpc) is 1.83. The van der Waals surface area contributed by atoms with Crippen molar-refractivity contribution in [3.8, 4) is 0 Å². The molecule has 1 atom stereocenters. The number of ether oxygens (including phenoxy) is 1. The van der Waals surface area contributed by atoms with Crippen LogP contribution < -0.4 is 0 Å². The Morgan fingerprint density at radius 2 is 1.38 bits per heavy atom. The molecule has 0 amide bonds. The summed E-state index contributed by atoms with van der Waals surface area (Å²) in [5.74, 6) is -10.5. The lowest BCUT2D eigenvalue weighted by Crippen LogP contribution is -2.76. The Hall–Kier alpha value is 0.200. The Morgan fingerprint density at radius 3 is 1.46 bits per heavy atom. The minimum absolute atomic E-state index is 0.0341. The van der Waals surface area contributed by atoms with Crippen LogP contribution in [0.4, 0.5) is 30.7 Å². The van der Waals surface area contributed by atoms with Gasteiger partial charge in [-0.15, -0.1) is 0 Å². The molecule has 1 unspecified atom stereocenters. The topological polar surface area (TPSA) is 9.23 Å². The molecule has 1 aliphatic rings. The molecule has 0 aromatic carbocycles. The van der Waals surface area contributed by atoms with E-state index in [0.717, 1.165) is 0 Å². The zero-order chi connectivity index (χ0) is 10.7. The summed E-state index contributed by atoms with van der Waals surface area (Å²) < 4.78 is 82.3. The molecule has 0 radical (unpaired) electrons. The summed E-state index contributed by atoms with van der Waals surface area (Å²) >= 11 is -0.0341. The Labute approximate surface area is 80.4 Å². The molecule has 0 N–H and O–H groups in total. The molecule has 1 rings (SSSR count). The van der Waals surface area contributed by atoms with Crippen molar-refractivity contribution in [1.29, 1.82) is 0 Å². The smallest absolute Gasteiger partial charge is 0.266 e. The predicted molar refractivity (Wildman–Crippen MR) is 33.8 cm³/mol. The van der Waals surface area contributed by atoms with Gasteiger partial charge in [-0.05, 0) is 0 Å². The van der Waals surface area contributed by atoms with Crippen LogP contribution in [0.5, 0.6) is 0 Å². The van der Waals surface area contributed by atoms with E-state index in [4.69, 9.17) is 0 Å². The quantitative estimate of drug-likeness (QED) is 0.409. The molecule has 78 valence electrons. The van der Waals surface area contributed by atoms with Gasteiger partial charge in [0.05, 0.1) is 0 Å². The Bertz CT molecular complexity index is 235. The SMILES string of the molecule is FC(F)(I)C1(F)OC(F)(F)C1(F)F. The van der Waals surface area contributed by atoms with Crippen LogP contribution in [0, 0.1) is 0 Å². The average molecular weight is 324 g/mol. The zero-order valence-electron chi connectivity index (χ0n) is 5.43. The van der Waals surface area contributed by atoms with Gasteiger partial charge in [0.1, 0.15) is 0 Å². The first-order chi connectivity index (χ1) is 5.46. The van der Waals surface area contributed by atoms with Crippen LogP contribution in [0.2, 0.25) is 0 Å². The van der Waals surface area contributed by atoms with Gasteiger partial charge in [0.2, 0.25) is 0 Å². The summed E-state index contributed by atoms with van der Waals surface area (Å²) in [7, 11) is 0. The third-order valence-corrected chi connectivity index (χ3v) is 2.10. The van der Waals surface area contributed by atoms with E-state index >= 15 is 0 Å². The third-order valence-electron chi connectivity index (χ3n) is 1.40. The maximum absolute atomic E-state index is 12.5. The van der Waals surface area contributed by atoms with Crippen LogP contribution in [0.15, 0.2) is 0 Å². The van der Waals surface area contributed by atoms with E-state index in [1.54, 1.807) is 0 Å². The van der Waals surface area contributed by atoms with Crippen LogP contribution in [-0.2, 0) is 4.74 Å². The highest BCUT2D eigenvalue weighted by atomic mass is 127. The predicted octanol–water partition coefficient (Wildman–Crippen LogP) is 2.94. The van der Waals surface area contributed by atoms with Crippen molar-refractivity contribution in [2.75, 3.05) is 0 Å². The van der Waals surface area contributed by atoms with E-state index in [0.29, 0.717) is 0 Å². The van der Waals surface area contributed by atoms with E-state index in [1.807, 2.05) is 0 Å². The Balaban J connectivity index is 3.02. The van der Waals surface area contributed by atoms with Gasteiger partial charge in [-0.1, -0.05) is 0 Å². The fourth-order valence-corrected chi connectivity index (χ4v) is 1.13. The lowest BCUT2D eigenvalue weighted by Gasteiger charge is -2.48. The molecule has 1 fully saturated rings. The molecule has 0 spiro atoms. The molecule has 1 nitrogen and oxygen atoms in total. The second-order valence-corrected chi connectivity index (χ2v) is 3.64. The number of hydrogen-bond acceptors (Lipinski definition) is 1. The largest absolute Gasteiger partial charge is 0.428 e. The third kappa shape index (κ3) is 1.15. The van der Waals surface area contributed by atoms with Crippen molar-refractivity contribution in [2.24, 2.45) is 0 Å². The molecule has 13 heavy (non-hydrogen) atoms. The standard InChI is InChI=1S/C4F7IO/c5-1(6)2(7,3(8,9)12)13-4(1,10)11. The van der Waals surface area contributed by atoms with E-state index < -0.39 is 21.8 Å². The van der Waals surface area contributed by atoms with Crippen molar-refractivity contribution < 1.29 is 35.5 Å². The Morgan fingerprint density at radius 1 is 1.00 bits per heavy atom. The molecular formula is C4F7IO. The summed E-state index contributed by atoms with van der Waals surface area (Å²) in [5.41, 5.74) is 0. The van der Waals surface area contributed by atoms with Crippen LogP contribution in [0.25, 0.3) is 0 Å².